The smallest absolute Gasteiger partial charge is 0.191 e. The maximum atomic E-state index is 10.3. The van der Waals surface area contributed by atoms with Crippen molar-refractivity contribution in [3.8, 4) is 0 Å². The summed E-state index contributed by atoms with van der Waals surface area (Å²) in [6.07, 6.45) is 2.02. The van der Waals surface area contributed by atoms with Crippen molar-refractivity contribution in [2.45, 2.75) is 51.9 Å². The van der Waals surface area contributed by atoms with Crippen LogP contribution in [0.3, 0.4) is 0 Å². The van der Waals surface area contributed by atoms with Gasteiger partial charge in [-0.15, -0.1) is 11.3 Å². The molecule has 1 aliphatic carbocycles. The van der Waals surface area contributed by atoms with E-state index in [-0.39, 0.29) is 5.41 Å². The number of ether oxygens (including phenoxy) is 1. The first-order valence-corrected chi connectivity index (χ1v) is 10.2. The van der Waals surface area contributed by atoms with Crippen LogP contribution in [-0.2, 0) is 4.74 Å². The molecule has 4 atom stereocenters. The fraction of sp³-hybridized carbons (Fsp3) is 0.722. The number of rotatable bonds is 5. The summed E-state index contributed by atoms with van der Waals surface area (Å²) in [5.41, 5.74) is 0.0845. The number of hydrogen-bond donors (Lipinski definition) is 3. The summed E-state index contributed by atoms with van der Waals surface area (Å²) in [6, 6.07) is 3.99. The van der Waals surface area contributed by atoms with Crippen LogP contribution in [0.25, 0.3) is 0 Å². The van der Waals surface area contributed by atoms with Crippen LogP contribution in [-0.4, -0.2) is 42.9 Å². The van der Waals surface area contributed by atoms with Crippen LogP contribution in [0.15, 0.2) is 17.1 Å². The zero-order chi connectivity index (χ0) is 18.0. The Morgan fingerprint density at radius 2 is 2.32 bits per heavy atom. The normalized spacial score (nSPS) is 29.5. The van der Waals surface area contributed by atoms with Gasteiger partial charge in [0.15, 0.2) is 5.96 Å². The van der Waals surface area contributed by atoms with Gasteiger partial charge in [0, 0.05) is 35.4 Å². The topological polar surface area (TPSA) is 65.9 Å². The Bertz CT molecular complexity index is 619. The van der Waals surface area contributed by atoms with Crippen molar-refractivity contribution in [3.05, 3.63) is 21.3 Å². The van der Waals surface area contributed by atoms with Crippen LogP contribution < -0.4 is 10.6 Å². The van der Waals surface area contributed by atoms with E-state index in [0.717, 1.165) is 30.4 Å². The fourth-order valence-electron chi connectivity index (χ4n) is 4.06. The summed E-state index contributed by atoms with van der Waals surface area (Å²) in [4.78, 5) is 5.43. The van der Waals surface area contributed by atoms with E-state index in [0.29, 0.717) is 28.9 Å². The molecule has 1 aromatic heterocycles. The molecule has 3 rings (SSSR count). The summed E-state index contributed by atoms with van der Waals surface area (Å²) in [5.74, 6) is 1.29. The molecule has 0 radical (unpaired) electrons. The molecule has 1 saturated heterocycles. The van der Waals surface area contributed by atoms with Crippen molar-refractivity contribution in [2.75, 3.05) is 19.7 Å². The van der Waals surface area contributed by atoms with Gasteiger partial charge in [-0.3, -0.25) is 4.99 Å². The van der Waals surface area contributed by atoms with Crippen LogP contribution in [0.5, 0.6) is 0 Å². The molecule has 2 heterocycles. The summed E-state index contributed by atoms with van der Waals surface area (Å²) in [7, 11) is 0. The van der Waals surface area contributed by atoms with Gasteiger partial charge < -0.3 is 20.5 Å². The summed E-state index contributed by atoms with van der Waals surface area (Å²) in [5, 5.41) is 17.2. The second-order valence-corrected chi connectivity index (χ2v) is 9.16. The number of halogens is 1. The highest BCUT2D eigenvalue weighted by Crippen LogP contribution is 2.51. The molecule has 7 heteroatoms. The minimum atomic E-state index is -0.631. The van der Waals surface area contributed by atoms with E-state index in [1.807, 2.05) is 13.0 Å². The van der Waals surface area contributed by atoms with Gasteiger partial charge in [-0.1, -0.05) is 25.4 Å². The molecule has 1 saturated carbocycles. The lowest BCUT2D eigenvalue weighted by Gasteiger charge is -2.60. The first kappa shape index (κ1) is 19.0. The van der Waals surface area contributed by atoms with Crippen LogP contribution in [0.2, 0.25) is 4.34 Å². The monoisotopic (exact) mass is 385 g/mol. The number of nitrogens with one attached hydrogen (secondary N) is 2. The Hall–Kier alpha value is -0.820. The summed E-state index contributed by atoms with van der Waals surface area (Å²) >= 11 is 7.34. The third-order valence-corrected chi connectivity index (χ3v) is 6.64. The lowest BCUT2D eigenvalue weighted by atomic mass is 9.55. The highest BCUT2D eigenvalue weighted by molar-refractivity contribution is 7.16. The van der Waals surface area contributed by atoms with Crippen LogP contribution in [0.1, 0.15) is 44.6 Å². The Morgan fingerprint density at radius 1 is 1.52 bits per heavy atom. The maximum Gasteiger partial charge on any atom is 0.191 e. The highest BCUT2D eigenvalue weighted by Gasteiger charge is 2.58. The predicted molar refractivity (Wildman–Crippen MR) is 103 cm³/mol. The Kier molecular flexibility index (Phi) is 5.93. The predicted octanol–water partition coefficient (Wildman–Crippen LogP) is 3.19. The number of aliphatic hydroxyl groups excluding tert-OH is 1. The van der Waals surface area contributed by atoms with Gasteiger partial charge in [0.2, 0.25) is 0 Å². The first-order chi connectivity index (χ1) is 11.9. The molecule has 5 nitrogen and oxygen atoms in total. The van der Waals surface area contributed by atoms with Gasteiger partial charge in [-0.25, -0.2) is 0 Å². The van der Waals surface area contributed by atoms with Crippen molar-refractivity contribution in [1.82, 2.24) is 10.6 Å². The minimum absolute atomic E-state index is 0.0845. The van der Waals surface area contributed by atoms with Crippen molar-refractivity contribution >= 4 is 28.9 Å². The first-order valence-electron chi connectivity index (χ1n) is 9.03. The molecule has 0 spiro atoms. The number of fused-ring (bicyclic) bond motifs is 1. The number of hydrogen-bond acceptors (Lipinski definition) is 4. The summed E-state index contributed by atoms with van der Waals surface area (Å²) < 4.78 is 6.65. The second kappa shape index (κ2) is 7.82. The van der Waals surface area contributed by atoms with Crippen molar-refractivity contribution in [3.63, 3.8) is 0 Å². The lowest BCUT2D eigenvalue weighted by molar-refractivity contribution is -0.188. The molecule has 0 bridgehead atoms. The van der Waals surface area contributed by atoms with Crippen LogP contribution in [0.4, 0.5) is 0 Å². The second-order valence-electron chi connectivity index (χ2n) is 7.42. The van der Waals surface area contributed by atoms with E-state index in [4.69, 9.17) is 16.3 Å². The van der Waals surface area contributed by atoms with Crippen LogP contribution >= 0.6 is 22.9 Å². The molecule has 25 heavy (non-hydrogen) atoms. The van der Waals surface area contributed by atoms with E-state index in [9.17, 15) is 5.11 Å². The number of thiophene rings is 1. The third-order valence-electron chi connectivity index (χ3n) is 5.31. The SMILES string of the molecule is CCNC(=NCC(O)c1ccc(Cl)s1)NC1C2CCCOC2C1(C)C. The van der Waals surface area contributed by atoms with Crippen molar-refractivity contribution in [1.29, 1.82) is 0 Å². The van der Waals surface area contributed by atoms with E-state index in [2.05, 4.69) is 29.5 Å². The number of guanidine groups is 1. The molecule has 0 amide bonds. The molecule has 3 N–H and O–H groups in total. The maximum absolute atomic E-state index is 10.3. The highest BCUT2D eigenvalue weighted by atomic mass is 35.5. The van der Waals surface area contributed by atoms with Gasteiger partial charge in [-0.05, 0) is 31.9 Å². The Balaban J connectivity index is 1.64. The zero-order valence-corrected chi connectivity index (χ0v) is 16.7. The fourth-order valence-corrected chi connectivity index (χ4v) is 5.10. The van der Waals surface area contributed by atoms with Crippen LogP contribution in [0, 0.1) is 11.3 Å². The third kappa shape index (κ3) is 3.97. The quantitative estimate of drug-likeness (QED) is 0.538. The lowest BCUT2D eigenvalue weighted by Crippen LogP contribution is -2.71. The average Bonchev–Trinajstić information content (AvgIpc) is 3.03. The minimum Gasteiger partial charge on any atom is -0.386 e. The van der Waals surface area contributed by atoms with Gasteiger partial charge in [-0.2, -0.15) is 0 Å². The van der Waals surface area contributed by atoms with E-state index >= 15 is 0 Å². The average molecular weight is 386 g/mol. The molecule has 2 fully saturated rings. The van der Waals surface area contributed by atoms with Gasteiger partial charge in [0.1, 0.15) is 6.10 Å². The zero-order valence-electron chi connectivity index (χ0n) is 15.1. The molecule has 2 aliphatic rings. The van der Waals surface area contributed by atoms with E-state index < -0.39 is 6.10 Å². The Labute approximate surface area is 158 Å². The molecular weight excluding hydrogens is 358 g/mol. The molecule has 0 aromatic carbocycles. The Morgan fingerprint density at radius 3 is 3.00 bits per heavy atom. The number of aliphatic imine (C=N–C) groups is 1. The van der Waals surface area contributed by atoms with Gasteiger partial charge in [0.25, 0.3) is 0 Å². The summed E-state index contributed by atoms with van der Waals surface area (Å²) in [6.45, 7) is 8.52. The van der Waals surface area contributed by atoms with Gasteiger partial charge >= 0.3 is 0 Å². The van der Waals surface area contributed by atoms with Crippen molar-refractivity contribution < 1.29 is 9.84 Å². The van der Waals surface area contributed by atoms with Gasteiger partial charge in [0.05, 0.1) is 17.0 Å². The standard InChI is InChI=1S/C18H28ClN3O2S/c1-4-20-17(21-10-12(23)13-7-8-14(19)25-13)22-15-11-6-5-9-24-16(11)18(15,2)3/h7-8,11-12,15-16,23H,4-6,9-10H2,1-3H3,(H2,20,21,22). The molecule has 1 aliphatic heterocycles. The number of nitrogens with zero attached hydrogens (tertiary/aromatic N) is 1. The molecular formula is C18H28ClN3O2S. The van der Waals surface area contributed by atoms with E-state index in [1.54, 1.807) is 6.07 Å². The van der Waals surface area contributed by atoms with E-state index in [1.165, 1.54) is 17.8 Å². The largest absolute Gasteiger partial charge is 0.386 e. The molecule has 4 unspecified atom stereocenters. The van der Waals surface area contributed by atoms with Crippen molar-refractivity contribution in [2.24, 2.45) is 16.3 Å². The molecule has 140 valence electrons. The molecule has 1 aromatic rings. The number of aliphatic hydroxyl groups is 1.